The number of aliphatic hydroxyl groups excluding tert-OH is 1. The lowest BCUT2D eigenvalue weighted by Gasteiger charge is -2.66. The standard InChI is InChI=1S/C36H49N3O5Si/c1-34(2,3)45(4,5)44-27-12-11-24-17-30-35-14-13-29-31(25(19-35)21-39(29)32(41)23-9-7-6-8-10-23)36(35,28(24)18-27)15-16-38(30)22-26(40)20-37-33(42)43/h6-12,18,25-26,29-31,37,40H,13-17,19-22H2,1-5H3,(H,42,43)/t25-,26?,29-,30-,31-,35-,36+/m1/s1. The van der Waals surface area contributed by atoms with Crippen LogP contribution in [-0.4, -0.2) is 84.7 Å². The fraction of sp³-hybridized carbons (Fsp3) is 0.611. The van der Waals surface area contributed by atoms with Crippen LogP contribution < -0.4 is 9.74 Å². The Kier molecular flexibility index (Phi) is 7.22. The molecule has 2 aromatic rings. The Balaban J connectivity index is 1.29. The average molecular weight is 632 g/mol. The first-order chi connectivity index (χ1) is 21.3. The second kappa shape index (κ2) is 10.6. The zero-order valence-electron chi connectivity index (χ0n) is 27.4. The fourth-order valence-electron chi connectivity index (χ4n) is 10.3. The number of nitrogens with zero attached hydrogens (tertiary/aromatic N) is 2. The number of likely N-dealkylation sites (tertiary alicyclic amines) is 2. The van der Waals surface area contributed by atoms with Crippen molar-refractivity contribution in [1.82, 2.24) is 15.1 Å². The summed E-state index contributed by atoms with van der Waals surface area (Å²) in [4.78, 5) is 29.8. The van der Waals surface area contributed by atoms with E-state index in [1.807, 2.05) is 30.3 Å². The van der Waals surface area contributed by atoms with Crippen molar-refractivity contribution in [3.05, 3.63) is 65.2 Å². The predicted molar refractivity (Wildman–Crippen MR) is 176 cm³/mol. The Morgan fingerprint density at radius 1 is 1.13 bits per heavy atom. The number of hydrogen-bond donors (Lipinski definition) is 3. The minimum absolute atomic E-state index is 0.0331. The molecule has 242 valence electrons. The zero-order chi connectivity index (χ0) is 31.9. The normalized spacial score (nSPS) is 32.4. The third-order valence-corrected chi connectivity index (χ3v) is 17.3. The molecule has 4 bridgehead atoms. The molecule has 7 rings (SSSR count). The number of benzene rings is 2. The number of hydrogen-bond acceptors (Lipinski definition) is 5. The third-order valence-electron chi connectivity index (χ3n) is 13.0. The number of aliphatic hydroxyl groups is 1. The predicted octanol–water partition coefficient (Wildman–Crippen LogP) is 5.51. The van der Waals surface area contributed by atoms with E-state index in [9.17, 15) is 14.7 Å². The number of piperidine rings is 1. The van der Waals surface area contributed by atoms with Gasteiger partial charge in [0.05, 0.1) is 6.10 Å². The molecule has 5 aliphatic rings. The first-order valence-electron chi connectivity index (χ1n) is 16.8. The van der Waals surface area contributed by atoms with E-state index in [2.05, 4.69) is 67.2 Å². The van der Waals surface area contributed by atoms with Gasteiger partial charge in [0, 0.05) is 42.7 Å². The summed E-state index contributed by atoms with van der Waals surface area (Å²) in [7, 11) is -2.05. The summed E-state index contributed by atoms with van der Waals surface area (Å²) < 4.78 is 6.92. The molecule has 2 saturated carbocycles. The van der Waals surface area contributed by atoms with Crippen LogP contribution in [0.5, 0.6) is 5.75 Å². The number of carbonyl (C=O) groups is 2. The van der Waals surface area contributed by atoms with Crippen LogP contribution in [0.1, 0.15) is 67.9 Å². The largest absolute Gasteiger partial charge is 0.543 e. The van der Waals surface area contributed by atoms with Crippen molar-refractivity contribution >= 4 is 20.3 Å². The highest BCUT2D eigenvalue weighted by Crippen LogP contribution is 2.75. The van der Waals surface area contributed by atoms with Gasteiger partial charge in [-0.1, -0.05) is 45.0 Å². The van der Waals surface area contributed by atoms with Gasteiger partial charge in [0.15, 0.2) is 0 Å². The molecule has 8 nitrogen and oxygen atoms in total. The molecule has 45 heavy (non-hydrogen) atoms. The summed E-state index contributed by atoms with van der Waals surface area (Å²) in [5, 5.41) is 22.5. The molecule has 1 unspecified atom stereocenters. The lowest BCUT2D eigenvalue weighted by Crippen LogP contribution is -2.70. The van der Waals surface area contributed by atoms with Gasteiger partial charge in [0.25, 0.3) is 5.91 Å². The van der Waals surface area contributed by atoms with E-state index < -0.39 is 20.5 Å². The topological polar surface area (TPSA) is 102 Å². The highest BCUT2D eigenvalue weighted by Gasteiger charge is 2.76. The molecule has 9 heteroatoms. The van der Waals surface area contributed by atoms with Crippen molar-refractivity contribution in [3.63, 3.8) is 0 Å². The van der Waals surface area contributed by atoms with Crippen LogP contribution in [0.25, 0.3) is 0 Å². The lowest BCUT2D eigenvalue weighted by atomic mass is 9.43. The van der Waals surface area contributed by atoms with Crippen LogP contribution in [0.4, 0.5) is 4.79 Å². The van der Waals surface area contributed by atoms with Gasteiger partial charge in [0.1, 0.15) is 5.75 Å². The van der Waals surface area contributed by atoms with Gasteiger partial charge in [-0.25, -0.2) is 4.79 Å². The molecule has 0 aromatic heterocycles. The highest BCUT2D eigenvalue weighted by atomic mass is 28.4. The van der Waals surface area contributed by atoms with E-state index in [1.165, 1.54) is 11.1 Å². The Morgan fingerprint density at radius 3 is 2.60 bits per heavy atom. The molecule has 2 aliphatic heterocycles. The number of carboxylic acid groups (broad SMARTS) is 1. The van der Waals surface area contributed by atoms with Crippen LogP contribution in [0, 0.1) is 17.3 Å². The summed E-state index contributed by atoms with van der Waals surface area (Å²) in [6.45, 7) is 13.6. The van der Waals surface area contributed by atoms with Gasteiger partial charge in [-0.15, -0.1) is 0 Å². The van der Waals surface area contributed by atoms with Gasteiger partial charge < -0.3 is 24.9 Å². The van der Waals surface area contributed by atoms with Gasteiger partial charge in [0.2, 0.25) is 8.32 Å². The first-order valence-corrected chi connectivity index (χ1v) is 19.8. The Hall–Kier alpha value is -2.88. The second-order valence-corrected chi connectivity index (χ2v) is 20.8. The van der Waals surface area contributed by atoms with E-state index in [0.29, 0.717) is 18.4 Å². The van der Waals surface area contributed by atoms with Crippen molar-refractivity contribution in [2.75, 3.05) is 26.2 Å². The SMILES string of the molecule is CC(C)(C)[Si](C)(C)Oc1ccc2c(c1)[C@]13CCN(CC(O)CNC(=O)O)[C@H](C2)[C@]12CC[C@@H]1[C@H]3[C@@H](CN1C(=O)c1ccccc1)C2. The minimum atomic E-state index is -2.05. The molecule has 3 aliphatic carbocycles. The molecule has 2 aromatic carbocycles. The van der Waals surface area contributed by atoms with Crippen molar-refractivity contribution < 1.29 is 24.2 Å². The van der Waals surface area contributed by atoms with Crippen molar-refractivity contribution in [1.29, 1.82) is 0 Å². The molecule has 0 spiro atoms. The van der Waals surface area contributed by atoms with Crippen LogP contribution in [-0.2, 0) is 11.8 Å². The van der Waals surface area contributed by atoms with Crippen molar-refractivity contribution in [2.45, 2.75) is 94.6 Å². The number of carbonyl (C=O) groups excluding carboxylic acids is 1. The van der Waals surface area contributed by atoms with E-state index >= 15 is 0 Å². The maximum Gasteiger partial charge on any atom is 0.404 e. The summed E-state index contributed by atoms with van der Waals surface area (Å²) >= 11 is 0. The van der Waals surface area contributed by atoms with E-state index in [4.69, 9.17) is 9.53 Å². The number of β-amino-alcohol motifs (C(OH)–C–C–N with tert-alkyl or cyclic N) is 1. The minimum Gasteiger partial charge on any atom is -0.543 e. The first kappa shape index (κ1) is 30.8. The van der Waals surface area contributed by atoms with Gasteiger partial charge in [-0.05, 0) is 109 Å². The number of rotatable bonds is 7. The molecular formula is C36H49N3O5Si. The number of fused-ring (bicyclic) bond motifs is 1. The molecule has 7 atom stereocenters. The summed E-state index contributed by atoms with van der Waals surface area (Å²) in [6, 6.07) is 17.1. The van der Waals surface area contributed by atoms with Crippen molar-refractivity contribution in [2.24, 2.45) is 17.3 Å². The summed E-state index contributed by atoms with van der Waals surface area (Å²) in [6.07, 6.45) is 3.18. The monoisotopic (exact) mass is 631 g/mol. The maximum atomic E-state index is 14.0. The van der Waals surface area contributed by atoms with Crippen LogP contribution >= 0.6 is 0 Å². The number of amides is 2. The molecule has 2 amide bonds. The third kappa shape index (κ3) is 4.59. The lowest BCUT2D eigenvalue weighted by molar-refractivity contribution is -0.108. The molecule has 2 heterocycles. The maximum absolute atomic E-state index is 14.0. The highest BCUT2D eigenvalue weighted by molar-refractivity contribution is 6.74. The number of nitrogens with one attached hydrogen (secondary N) is 1. The van der Waals surface area contributed by atoms with E-state index in [1.54, 1.807) is 0 Å². The Morgan fingerprint density at radius 2 is 1.89 bits per heavy atom. The smallest absolute Gasteiger partial charge is 0.404 e. The quantitative estimate of drug-likeness (QED) is 0.349. The van der Waals surface area contributed by atoms with E-state index in [0.717, 1.165) is 56.5 Å². The summed E-state index contributed by atoms with van der Waals surface area (Å²) in [5.74, 6) is 1.97. The summed E-state index contributed by atoms with van der Waals surface area (Å²) in [5.41, 5.74) is 3.60. The molecule has 3 N–H and O–H groups in total. The molecule has 4 fully saturated rings. The van der Waals surface area contributed by atoms with Crippen molar-refractivity contribution in [3.8, 4) is 5.75 Å². The second-order valence-electron chi connectivity index (χ2n) is 16.0. The Bertz CT molecular complexity index is 1490. The van der Waals surface area contributed by atoms with Gasteiger partial charge in [-0.3, -0.25) is 9.69 Å². The molecule has 0 radical (unpaired) electrons. The van der Waals surface area contributed by atoms with Crippen LogP contribution in [0.2, 0.25) is 18.1 Å². The van der Waals surface area contributed by atoms with Crippen LogP contribution in [0.15, 0.2) is 48.5 Å². The molecule has 2 saturated heterocycles. The zero-order valence-corrected chi connectivity index (χ0v) is 28.4. The average Bonchev–Trinajstić information content (AvgIpc) is 3.43. The van der Waals surface area contributed by atoms with Gasteiger partial charge >= 0.3 is 6.09 Å². The molecular weight excluding hydrogens is 582 g/mol. The Labute approximate surface area is 268 Å². The van der Waals surface area contributed by atoms with Crippen LogP contribution in [0.3, 0.4) is 0 Å². The fourth-order valence-corrected chi connectivity index (χ4v) is 11.4. The van der Waals surface area contributed by atoms with Gasteiger partial charge in [-0.2, -0.15) is 0 Å². The van der Waals surface area contributed by atoms with E-state index in [-0.39, 0.29) is 40.4 Å².